The molecule has 0 heterocycles. The molecule has 0 spiro atoms. The van der Waals surface area contributed by atoms with Gasteiger partial charge in [-0.25, -0.2) is 0 Å². The van der Waals surface area contributed by atoms with E-state index in [-0.39, 0.29) is 18.1 Å². The molecule has 36 heavy (non-hydrogen) atoms. The number of aliphatic hydroxyl groups excluding tert-OH is 2. The predicted octanol–water partition coefficient (Wildman–Crippen LogP) is 3.83. The summed E-state index contributed by atoms with van der Waals surface area (Å²) in [5.41, 5.74) is 1.07. The number of hydrogen-bond donors (Lipinski definition) is 5. The minimum atomic E-state index is -0.991. The molecule has 8 atom stereocenters. The number of aliphatic carboxylic acids is 1. The van der Waals surface area contributed by atoms with Crippen molar-refractivity contribution in [3.05, 3.63) is 23.8 Å². The van der Waals surface area contributed by atoms with Gasteiger partial charge in [-0.3, -0.25) is 15.4 Å². The van der Waals surface area contributed by atoms with Crippen LogP contribution in [0.25, 0.3) is 0 Å². The molecule has 8 heteroatoms. The summed E-state index contributed by atoms with van der Waals surface area (Å²) in [4.78, 5) is 11.8. The molecule has 0 bridgehead atoms. The molecule has 0 aromatic heterocycles. The highest BCUT2D eigenvalue weighted by Crippen LogP contribution is 2.23. The Bertz CT molecular complexity index is 670. The minimum absolute atomic E-state index is 0.00987. The van der Waals surface area contributed by atoms with Gasteiger partial charge < -0.3 is 24.8 Å². The predicted molar refractivity (Wildman–Crippen MR) is 143 cm³/mol. The molecule has 8 unspecified atom stereocenters. The van der Waals surface area contributed by atoms with Crippen molar-refractivity contribution in [2.45, 2.75) is 110 Å². The normalized spacial score (nSPS) is 20.6. The van der Waals surface area contributed by atoms with Crippen molar-refractivity contribution in [3.63, 3.8) is 0 Å². The van der Waals surface area contributed by atoms with Crippen molar-refractivity contribution in [3.8, 4) is 0 Å². The number of nitrogens with one attached hydrogen (secondary N) is 2. The molecule has 8 nitrogen and oxygen atoms in total. The standard InChI is InChI=1S/C28H52N2O6/c1-7-19(2)20(3)25(36-6)18-26(31)29-16-12-11-15-24(35-5)21(4)27(32)30-23(28(33)34)17-22-13-9-8-10-14-22/h8-9,13,19-21,23-27,29-32H,7,10-12,14-18H2,1-6H3,(H,33,34). The molecule has 5 N–H and O–H groups in total. The van der Waals surface area contributed by atoms with Crippen LogP contribution >= 0.6 is 0 Å². The quantitative estimate of drug-likeness (QED) is 0.123. The van der Waals surface area contributed by atoms with Crippen LogP contribution in [0.2, 0.25) is 0 Å². The van der Waals surface area contributed by atoms with Crippen LogP contribution in [0.5, 0.6) is 0 Å². The average Bonchev–Trinajstić information content (AvgIpc) is 2.88. The van der Waals surface area contributed by atoms with E-state index in [1.807, 2.05) is 19.1 Å². The van der Waals surface area contributed by atoms with Crippen LogP contribution in [0, 0.1) is 17.8 Å². The van der Waals surface area contributed by atoms with Crippen LogP contribution in [0.3, 0.4) is 0 Å². The molecule has 210 valence electrons. The topological polar surface area (TPSA) is 120 Å². The molecule has 0 amide bonds. The first-order valence-corrected chi connectivity index (χ1v) is 13.6. The highest BCUT2D eigenvalue weighted by atomic mass is 16.5. The van der Waals surface area contributed by atoms with E-state index in [0.717, 1.165) is 44.1 Å². The summed E-state index contributed by atoms with van der Waals surface area (Å²) in [6.45, 7) is 9.10. The largest absolute Gasteiger partial charge is 0.480 e. The molecule has 0 aromatic carbocycles. The number of ether oxygens (including phenoxy) is 2. The van der Waals surface area contributed by atoms with Crippen molar-refractivity contribution in [1.82, 2.24) is 10.6 Å². The van der Waals surface area contributed by atoms with Gasteiger partial charge in [0.2, 0.25) is 0 Å². The van der Waals surface area contributed by atoms with Gasteiger partial charge in [-0.15, -0.1) is 0 Å². The van der Waals surface area contributed by atoms with Gasteiger partial charge in [0, 0.05) is 26.6 Å². The van der Waals surface area contributed by atoms with Crippen LogP contribution in [-0.4, -0.2) is 72.8 Å². The number of hydrogen-bond acceptors (Lipinski definition) is 7. The fraction of sp³-hybridized carbons (Fsp3) is 0.821. The van der Waals surface area contributed by atoms with Gasteiger partial charge in [0.25, 0.3) is 0 Å². The number of rotatable bonds is 20. The van der Waals surface area contributed by atoms with Crippen LogP contribution in [0.15, 0.2) is 23.8 Å². The Hall–Kier alpha value is -1.29. The Kier molecular flexibility index (Phi) is 16.4. The van der Waals surface area contributed by atoms with Gasteiger partial charge >= 0.3 is 5.97 Å². The minimum Gasteiger partial charge on any atom is -0.480 e. The zero-order valence-electron chi connectivity index (χ0n) is 23.3. The van der Waals surface area contributed by atoms with E-state index in [4.69, 9.17) is 9.47 Å². The fourth-order valence-electron chi connectivity index (χ4n) is 4.77. The maximum absolute atomic E-state index is 11.8. The Balaban J connectivity index is 2.42. The highest BCUT2D eigenvalue weighted by Gasteiger charge is 2.29. The van der Waals surface area contributed by atoms with Gasteiger partial charge in [-0.2, -0.15) is 0 Å². The van der Waals surface area contributed by atoms with Crippen molar-refractivity contribution in [2.75, 3.05) is 20.8 Å². The van der Waals surface area contributed by atoms with E-state index in [1.54, 1.807) is 14.2 Å². The second kappa shape index (κ2) is 18.0. The van der Waals surface area contributed by atoms with Gasteiger partial charge in [0.15, 0.2) is 0 Å². The van der Waals surface area contributed by atoms with Crippen LogP contribution in [0.4, 0.5) is 0 Å². The number of carboxylic acid groups (broad SMARTS) is 1. The summed E-state index contributed by atoms with van der Waals surface area (Å²) in [5, 5.41) is 36.8. The lowest BCUT2D eigenvalue weighted by atomic mass is 9.87. The first-order chi connectivity index (χ1) is 17.1. The molecular formula is C28H52N2O6. The van der Waals surface area contributed by atoms with Crippen molar-refractivity contribution < 1.29 is 29.6 Å². The monoisotopic (exact) mass is 512 g/mol. The van der Waals surface area contributed by atoms with Gasteiger partial charge in [0.05, 0.1) is 12.2 Å². The van der Waals surface area contributed by atoms with Gasteiger partial charge in [-0.1, -0.05) is 57.9 Å². The zero-order valence-corrected chi connectivity index (χ0v) is 23.3. The zero-order chi connectivity index (χ0) is 27.1. The lowest BCUT2D eigenvalue weighted by Gasteiger charge is -2.30. The maximum atomic E-state index is 11.8. The summed E-state index contributed by atoms with van der Waals surface area (Å²) in [7, 11) is 3.32. The smallest absolute Gasteiger partial charge is 0.321 e. The lowest BCUT2D eigenvalue weighted by molar-refractivity contribution is -0.141. The summed E-state index contributed by atoms with van der Waals surface area (Å²) >= 11 is 0. The Morgan fingerprint density at radius 2 is 1.78 bits per heavy atom. The Morgan fingerprint density at radius 3 is 2.33 bits per heavy atom. The second-order valence-corrected chi connectivity index (χ2v) is 10.4. The Morgan fingerprint density at radius 1 is 1.08 bits per heavy atom. The number of aliphatic hydroxyl groups is 2. The fourth-order valence-corrected chi connectivity index (χ4v) is 4.77. The molecule has 1 aliphatic carbocycles. The van der Waals surface area contributed by atoms with Crippen LogP contribution < -0.4 is 10.6 Å². The van der Waals surface area contributed by atoms with E-state index in [9.17, 15) is 20.1 Å². The van der Waals surface area contributed by atoms with Gasteiger partial charge in [-0.05, 0) is 56.9 Å². The molecule has 0 saturated heterocycles. The van der Waals surface area contributed by atoms with E-state index < -0.39 is 24.5 Å². The third kappa shape index (κ3) is 11.8. The van der Waals surface area contributed by atoms with Crippen LogP contribution in [-0.2, 0) is 14.3 Å². The molecule has 0 aromatic rings. The van der Waals surface area contributed by atoms with Crippen molar-refractivity contribution >= 4 is 5.97 Å². The molecular weight excluding hydrogens is 460 g/mol. The number of unbranched alkanes of at least 4 members (excludes halogenated alkanes) is 1. The van der Waals surface area contributed by atoms with E-state index in [0.29, 0.717) is 31.2 Å². The first kappa shape index (κ1) is 32.7. The van der Waals surface area contributed by atoms with Crippen LogP contribution in [0.1, 0.15) is 79.1 Å². The third-order valence-corrected chi connectivity index (χ3v) is 7.81. The molecule has 0 fully saturated rings. The van der Waals surface area contributed by atoms with E-state index in [1.165, 1.54) is 0 Å². The third-order valence-electron chi connectivity index (χ3n) is 7.81. The number of carbonyl (C=O) groups is 1. The molecule has 1 aliphatic rings. The van der Waals surface area contributed by atoms with E-state index >= 15 is 0 Å². The molecule has 1 rings (SSSR count). The van der Waals surface area contributed by atoms with Gasteiger partial charge in [0.1, 0.15) is 18.5 Å². The summed E-state index contributed by atoms with van der Waals surface area (Å²) in [5.74, 6) is -0.339. The molecule has 0 saturated carbocycles. The lowest BCUT2D eigenvalue weighted by Crippen LogP contribution is -2.49. The SMILES string of the molecule is CCC(C)C(C)C(CC(O)NCCCCC(OC)C(C)C(O)NC(CC1=CC=CCC1)C(=O)O)OC. The second-order valence-electron chi connectivity index (χ2n) is 10.4. The van der Waals surface area contributed by atoms with E-state index in [2.05, 4.69) is 37.5 Å². The Labute approximate surface area is 218 Å². The van der Waals surface area contributed by atoms with Crippen molar-refractivity contribution in [1.29, 1.82) is 0 Å². The van der Waals surface area contributed by atoms with Crippen molar-refractivity contribution in [2.24, 2.45) is 17.8 Å². The summed E-state index contributed by atoms with van der Waals surface area (Å²) in [6.07, 6.45) is 10.4. The summed E-state index contributed by atoms with van der Waals surface area (Å²) < 4.78 is 11.2. The summed E-state index contributed by atoms with van der Waals surface area (Å²) in [6, 6.07) is -0.845. The first-order valence-electron chi connectivity index (χ1n) is 13.6. The molecule has 0 aliphatic heterocycles. The average molecular weight is 513 g/mol. The number of methoxy groups -OCH3 is 2. The highest BCUT2D eigenvalue weighted by molar-refractivity contribution is 5.74. The number of carboxylic acids is 1. The maximum Gasteiger partial charge on any atom is 0.321 e. The molecule has 0 radical (unpaired) electrons. The number of allylic oxidation sites excluding steroid dienone is 3.